The van der Waals surface area contributed by atoms with Gasteiger partial charge >= 0.3 is 0 Å². The zero-order valence-corrected chi connectivity index (χ0v) is 41.1. The normalized spacial score (nSPS) is 12.4. The molecule has 6 heterocycles. The molecule has 8 nitrogen and oxygen atoms in total. The Bertz CT molecular complexity index is 5070. The molecule has 6 aromatic heterocycles. The SMILES string of the molecule is C=C/C=C\C=C\c1cc(-c2nc(-c3ccc4c(c3)oc3ccccc34)nc(-c3ccc4c(c3)oc3ccccc34)n2)cc(-c2ccccc2)c1-n1c2ccccc2c2c3oc4cc5c(cc4c3ccc21)oc1ccccc15. The van der Waals surface area contributed by atoms with E-state index in [0.29, 0.717) is 17.5 Å². The minimum Gasteiger partial charge on any atom is -0.456 e. The lowest BCUT2D eigenvalue weighted by Crippen LogP contribution is -2.04. The Morgan fingerprint density at radius 2 is 0.857 bits per heavy atom. The quantitative estimate of drug-likeness (QED) is 0.140. The Morgan fingerprint density at radius 3 is 1.49 bits per heavy atom. The topological polar surface area (TPSA) is 96.2 Å². The lowest BCUT2D eigenvalue weighted by molar-refractivity contribution is 0.665. The highest BCUT2D eigenvalue weighted by Crippen LogP contribution is 2.46. The molecule has 0 amide bonds. The van der Waals surface area contributed by atoms with Gasteiger partial charge in [-0.15, -0.1) is 0 Å². The van der Waals surface area contributed by atoms with Gasteiger partial charge in [0.1, 0.15) is 44.7 Å². The molecule has 77 heavy (non-hydrogen) atoms. The molecule has 0 aliphatic heterocycles. The summed E-state index contributed by atoms with van der Waals surface area (Å²) < 4.78 is 28.6. The zero-order chi connectivity index (χ0) is 50.7. The second kappa shape index (κ2) is 16.7. The number of rotatable bonds is 8. The molecule has 0 aliphatic carbocycles. The van der Waals surface area contributed by atoms with Gasteiger partial charge in [0.25, 0.3) is 0 Å². The maximum Gasteiger partial charge on any atom is 0.164 e. The van der Waals surface area contributed by atoms with Crippen molar-refractivity contribution in [2.24, 2.45) is 0 Å². The Labute approximate surface area is 438 Å². The molecule has 0 atom stereocenters. The van der Waals surface area contributed by atoms with Crippen molar-refractivity contribution in [2.45, 2.75) is 0 Å². The lowest BCUT2D eigenvalue weighted by atomic mass is 9.95. The molecule has 0 saturated carbocycles. The minimum absolute atomic E-state index is 0.504. The van der Waals surface area contributed by atoms with Gasteiger partial charge in [0.15, 0.2) is 17.5 Å². The van der Waals surface area contributed by atoms with Crippen molar-refractivity contribution in [3.8, 4) is 51.0 Å². The van der Waals surface area contributed by atoms with E-state index in [-0.39, 0.29) is 0 Å². The summed E-state index contributed by atoms with van der Waals surface area (Å²) in [5.41, 5.74) is 14.8. The predicted octanol–water partition coefficient (Wildman–Crippen LogP) is 19.0. The van der Waals surface area contributed by atoms with Gasteiger partial charge in [-0.1, -0.05) is 152 Å². The molecule has 10 aromatic carbocycles. The summed E-state index contributed by atoms with van der Waals surface area (Å²) in [5.74, 6) is 1.52. The smallest absolute Gasteiger partial charge is 0.164 e. The van der Waals surface area contributed by atoms with Gasteiger partial charge < -0.3 is 22.2 Å². The van der Waals surface area contributed by atoms with Crippen molar-refractivity contribution >= 4 is 116 Å². The fraction of sp³-hybridized carbons (Fsp3) is 0. The molecule has 0 spiro atoms. The first-order valence-corrected chi connectivity index (χ1v) is 25.6. The standard InChI is InChI=1S/C69H40N4O4/c1-2-3-4-6-19-41-34-44(69-71-67(42-28-30-48-45-20-10-14-25-57(45)74-60(48)36-42)70-68(72-69)43-29-31-49-46-21-11-15-26-58(46)75-61(49)37-43)35-52(40-17-7-5-8-18-40)65(41)73-55-24-13-9-23-51(55)64-56(73)33-32-50-54-39-62-53(38-63(54)77-66(50)64)47-22-12-16-27-59(47)76-62/h2-39H,1H2/b4-3-,19-6+. The summed E-state index contributed by atoms with van der Waals surface area (Å²) in [6, 6.07) is 68.9. The Hall–Kier alpha value is -10.6. The first kappa shape index (κ1) is 42.9. The second-order valence-corrected chi connectivity index (χ2v) is 19.5. The number of para-hydroxylation sites is 4. The van der Waals surface area contributed by atoms with Crippen molar-refractivity contribution in [2.75, 3.05) is 0 Å². The monoisotopic (exact) mass is 988 g/mol. The molecule has 0 saturated heterocycles. The van der Waals surface area contributed by atoms with Gasteiger partial charge in [0.05, 0.1) is 22.1 Å². The maximum absolute atomic E-state index is 7.01. The Morgan fingerprint density at radius 1 is 0.351 bits per heavy atom. The molecule has 360 valence electrons. The Kier molecular flexibility index (Phi) is 9.32. The summed E-state index contributed by atoms with van der Waals surface area (Å²) in [6.45, 7) is 3.95. The number of hydrogen-bond donors (Lipinski definition) is 0. The first-order valence-electron chi connectivity index (χ1n) is 25.6. The van der Waals surface area contributed by atoms with Crippen LogP contribution in [0.25, 0.3) is 167 Å². The minimum atomic E-state index is 0.504. The van der Waals surface area contributed by atoms with Gasteiger partial charge in [-0.3, -0.25) is 0 Å². The maximum atomic E-state index is 7.01. The van der Waals surface area contributed by atoms with Crippen LogP contribution in [0.4, 0.5) is 0 Å². The highest BCUT2D eigenvalue weighted by atomic mass is 16.3. The van der Waals surface area contributed by atoms with Gasteiger partial charge in [-0.05, 0) is 96.1 Å². The third-order valence-corrected chi connectivity index (χ3v) is 15.0. The van der Waals surface area contributed by atoms with Crippen LogP contribution in [0.5, 0.6) is 0 Å². The van der Waals surface area contributed by atoms with Crippen molar-refractivity contribution in [3.05, 3.63) is 237 Å². The van der Waals surface area contributed by atoms with Crippen LogP contribution >= 0.6 is 0 Å². The molecule has 16 aromatic rings. The Balaban J connectivity index is 0.954. The van der Waals surface area contributed by atoms with E-state index < -0.39 is 0 Å². The van der Waals surface area contributed by atoms with E-state index in [0.717, 1.165) is 149 Å². The highest BCUT2D eigenvalue weighted by Gasteiger charge is 2.25. The molecule has 0 fully saturated rings. The predicted molar refractivity (Wildman–Crippen MR) is 313 cm³/mol. The van der Waals surface area contributed by atoms with E-state index in [2.05, 4.69) is 151 Å². The molecule has 0 unspecified atom stereocenters. The molecule has 16 rings (SSSR count). The molecule has 0 N–H and O–H groups in total. The summed E-state index contributed by atoms with van der Waals surface area (Å²) >= 11 is 0. The van der Waals surface area contributed by atoms with Crippen LogP contribution in [0.1, 0.15) is 5.56 Å². The summed E-state index contributed by atoms with van der Waals surface area (Å²) in [4.78, 5) is 15.9. The van der Waals surface area contributed by atoms with Gasteiger partial charge in [-0.25, -0.2) is 15.0 Å². The van der Waals surface area contributed by atoms with Crippen molar-refractivity contribution in [1.29, 1.82) is 0 Å². The van der Waals surface area contributed by atoms with E-state index >= 15 is 0 Å². The highest BCUT2D eigenvalue weighted by molar-refractivity contribution is 6.25. The number of hydrogen-bond acceptors (Lipinski definition) is 7. The third kappa shape index (κ3) is 6.69. The van der Waals surface area contributed by atoms with Crippen LogP contribution in [0.2, 0.25) is 0 Å². The second-order valence-electron chi connectivity index (χ2n) is 19.5. The first-order chi connectivity index (χ1) is 38.1. The molecule has 0 bridgehead atoms. The third-order valence-electron chi connectivity index (χ3n) is 15.0. The summed E-state index contributed by atoms with van der Waals surface area (Å²) in [5, 5.41) is 10.4. The van der Waals surface area contributed by atoms with E-state index in [1.54, 1.807) is 6.08 Å². The zero-order valence-electron chi connectivity index (χ0n) is 41.1. The van der Waals surface area contributed by atoms with E-state index in [1.165, 1.54) is 0 Å². The van der Waals surface area contributed by atoms with Gasteiger partial charge in [0, 0.05) is 70.7 Å². The fourth-order valence-corrected chi connectivity index (χ4v) is 11.5. The molecule has 0 radical (unpaired) electrons. The summed E-state index contributed by atoms with van der Waals surface area (Å²) in [6.07, 6.45) is 9.91. The van der Waals surface area contributed by atoms with Crippen LogP contribution < -0.4 is 0 Å². The molecule has 8 heteroatoms. The van der Waals surface area contributed by atoms with Crippen LogP contribution in [-0.2, 0) is 0 Å². The lowest BCUT2D eigenvalue weighted by Gasteiger charge is -2.19. The fourth-order valence-electron chi connectivity index (χ4n) is 11.5. The number of furan rings is 4. The number of nitrogens with zero attached hydrogens (tertiary/aromatic N) is 4. The largest absolute Gasteiger partial charge is 0.456 e. The number of fused-ring (bicyclic) bond motifs is 16. The van der Waals surface area contributed by atoms with Crippen molar-refractivity contribution < 1.29 is 17.7 Å². The number of allylic oxidation sites excluding steroid dienone is 4. The van der Waals surface area contributed by atoms with Crippen LogP contribution in [0.3, 0.4) is 0 Å². The van der Waals surface area contributed by atoms with Gasteiger partial charge in [0.2, 0.25) is 0 Å². The van der Waals surface area contributed by atoms with E-state index in [4.69, 9.17) is 32.6 Å². The molecular weight excluding hydrogens is 949 g/mol. The number of benzene rings is 10. The average Bonchev–Trinajstić information content (AvgIpc) is 4.42. The van der Waals surface area contributed by atoms with Crippen molar-refractivity contribution in [1.82, 2.24) is 19.5 Å². The van der Waals surface area contributed by atoms with Crippen LogP contribution in [0.15, 0.2) is 249 Å². The number of aromatic nitrogens is 4. The molecular formula is C69H40N4O4. The van der Waals surface area contributed by atoms with Crippen LogP contribution in [0, 0.1) is 0 Å². The van der Waals surface area contributed by atoms with Crippen LogP contribution in [-0.4, -0.2) is 19.5 Å². The average molecular weight is 989 g/mol. The van der Waals surface area contributed by atoms with E-state index in [9.17, 15) is 0 Å². The molecule has 0 aliphatic rings. The summed E-state index contributed by atoms with van der Waals surface area (Å²) in [7, 11) is 0. The van der Waals surface area contributed by atoms with Gasteiger partial charge in [-0.2, -0.15) is 0 Å². The van der Waals surface area contributed by atoms with Crippen molar-refractivity contribution in [3.63, 3.8) is 0 Å². The van der Waals surface area contributed by atoms with E-state index in [1.807, 2.05) is 84.9 Å².